The minimum Gasteiger partial charge on any atom is -0.384 e. The molecule has 0 amide bonds. The first-order valence-electron chi connectivity index (χ1n) is 6.68. The molecule has 108 valence electrons. The maximum Gasteiger partial charge on any atom is 0.163 e. The molecule has 2 atom stereocenters. The summed E-state index contributed by atoms with van der Waals surface area (Å²) >= 11 is 0. The maximum atomic E-state index is 14.0. The summed E-state index contributed by atoms with van der Waals surface area (Å²) in [7, 11) is 1.64. The zero-order valence-electron chi connectivity index (χ0n) is 12.1. The van der Waals surface area contributed by atoms with Crippen LogP contribution >= 0.6 is 0 Å². The van der Waals surface area contributed by atoms with Crippen LogP contribution in [0.25, 0.3) is 0 Å². The molecule has 1 aromatic carbocycles. The van der Waals surface area contributed by atoms with Gasteiger partial charge in [-0.2, -0.15) is 0 Å². The highest BCUT2D eigenvalue weighted by Gasteiger charge is 2.20. The van der Waals surface area contributed by atoms with Crippen LogP contribution in [0.3, 0.4) is 0 Å². The number of methoxy groups -OCH3 is 1. The predicted octanol–water partition coefficient (Wildman–Crippen LogP) is 3.60. The first-order valence-corrected chi connectivity index (χ1v) is 6.68. The van der Waals surface area contributed by atoms with Crippen molar-refractivity contribution in [1.82, 2.24) is 5.32 Å². The van der Waals surface area contributed by atoms with Gasteiger partial charge in [0.2, 0.25) is 0 Å². The Labute approximate surface area is 114 Å². The molecule has 0 saturated carbocycles. The zero-order valence-corrected chi connectivity index (χ0v) is 12.1. The fourth-order valence-corrected chi connectivity index (χ4v) is 2.25. The fourth-order valence-electron chi connectivity index (χ4n) is 2.25. The summed E-state index contributed by atoms with van der Waals surface area (Å²) in [6, 6.07) is 3.10. The average Bonchev–Trinajstić information content (AvgIpc) is 2.36. The summed E-state index contributed by atoms with van der Waals surface area (Å²) in [5.41, 5.74) is 0.731. The lowest BCUT2D eigenvalue weighted by Crippen LogP contribution is -2.25. The smallest absolute Gasteiger partial charge is 0.163 e. The Morgan fingerprint density at radius 1 is 1.26 bits per heavy atom. The molecule has 4 heteroatoms. The first-order chi connectivity index (χ1) is 9.01. The van der Waals surface area contributed by atoms with E-state index in [1.54, 1.807) is 26.2 Å². The molecule has 0 aromatic heterocycles. The molecular weight excluding hydrogens is 248 g/mol. The molecule has 1 N–H and O–H groups in total. The van der Waals surface area contributed by atoms with E-state index >= 15 is 0 Å². The molecule has 0 spiro atoms. The van der Waals surface area contributed by atoms with Crippen LogP contribution in [0.1, 0.15) is 37.4 Å². The third kappa shape index (κ3) is 4.25. The van der Waals surface area contributed by atoms with Crippen molar-refractivity contribution in [1.29, 1.82) is 0 Å². The second kappa shape index (κ2) is 7.56. The van der Waals surface area contributed by atoms with E-state index in [1.165, 1.54) is 0 Å². The van der Waals surface area contributed by atoms with Gasteiger partial charge in [-0.05, 0) is 31.4 Å². The summed E-state index contributed by atoms with van der Waals surface area (Å²) in [4.78, 5) is 0. The van der Waals surface area contributed by atoms with Crippen LogP contribution < -0.4 is 5.32 Å². The molecule has 0 bridgehead atoms. The van der Waals surface area contributed by atoms with Crippen LogP contribution in [0, 0.1) is 24.5 Å². The zero-order chi connectivity index (χ0) is 14.4. The summed E-state index contributed by atoms with van der Waals surface area (Å²) in [5.74, 6) is -1.21. The largest absolute Gasteiger partial charge is 0.384 e. The van der Waals surface area contributed by atoms with Crippen LogP contribution in [0.2, 0.25) is 0 Å². The van der Waals surface area contributed by atoms with Gasteiger partial charge in [0.05, 0.1) is 0 Å². The Morgan fingerprint density at radius 2 is 1.95 bits per heavy atom. The quantitative estimate of drug-likeness (QED) is 0.818. The molecule has 0 saturated heterocycles. The lowest BCUT2D eigenvalue weighted by Gasteiger charge is -2.23. The molecule has 0 radical (unpaired) electrons. The third-order valence-corrected chi connectivity index (χ3v) is 3.22. The average molecular weight is 271 g/mol. The van der Waals surface area contributed by atoms with E-state index in [0.29, 0.717) is 30.7 Å². The van der Waals surface area contributed by atoms with Crippen molar-refractivity contribution in [2.75, 3.05) is 20.3 Å². The summed E-state index contributed by atoms with van der Waals surface area (Å²) in [6.45, 7) is 6.88. The van der Waals surface area contributed by atoms with Gasteiger partial charge in [-0.1, -0.05) is 26.0 Å². The van der Waals surface area contributed by atoms with Crippen molar-refractivity contribution in [2.24, 2.45) is 5.92 Å². The summed E-state index contributed by atoms with van der Waals surface area (Å²) in [5, 5.41) is 3.21. The van der Waals surface area contributed by atoms with E-state index in [1.807, 2.05) is 13.8 Å². The minimum atomic E-state index is -0.750. The molecule has 0 aliphatic rings. The molecule has 2 nitrogen and oxygen atoms in total. The SMILES string of the molecule is CCNC(CC(C)COC)c1ccc(C)c(F)c1F. The van der Waals surface area contributed by atoms with E-state index < -0.39 is 11.6 Å². The van der Waals surface area contributed by atoms with Crippen molar-refractivity contribution in [2.45, 2.75) is 33.2 Å². The number of aryl methyl sites for hydroxylation is 1. The highest BCUT2D eigenvalue weighted by Crippen LogP contribution is 2.26. The normalized spacial score (nSPS) is 14.4. The van der Waals surface area contributed by atoms with Gasteiger partial charge in [0.25, 0.3) is 0 Å². The van der Waals surface area contributed by atoms with Gasteiger partial charge < -0.3 is 10.1 Å². The molecule has 0 fully saturated rings. The number of nitrogens with one attached hydrogen (secondary N) is 1. The maximum absolute atomic E-state index is 14.0. The molecule has 19 heavy (non-hydrogen) atoms. The molecule has 1 aromatic rings. The van der Waals surface area contributed by atoms with Crippen molar-refractivity contribution in [3.63, 3.8) is 0 Å². The predicted molar refractivity (Wildman–Crippen MR) is 73.2 cm³/mol. The van der Waals surface area contributed by atoms with Gasteiger partial charge in [0, 0.05) is 25.3 Å². The number of hydrogen-bond donors (Lipinski definition) is 1. The second-order valence-electron chi connectivity index (χ2n) is 5.01. The van der Waals surface area contributed by atoms with Crippen LogP contribution in [0.15, 0.2) is 12.1 Å². The number of rotatable bonds is 7. The Morgan fingerprint density at radius 3 is 2.53 bits per heavy atom. The van der Waals surface area contributed by atoms with Crippen molar-refractivity contribution < 1.29 is 13.5 Å². The summed E-state index contributed by atoms with van der Waals surface area (Å²) in [6.07, 6.45) is 0.709. The van der Waals surface area contributed by atoms with Gasteiger partial charge in [0.1, 0.15) is 0 Å². The highest BCUT2D eigenvalue weighted by atomic mass is 19.2. The Hall–Kier alpha value is -1.00. The van der Waals surface area contributed by atoms with E-state index in [9.17, 15) is 8.78 Å². The third-order valence-electron chi connectivity index (χ3n) is 3.22. The van der Waals surface area contributed by atoms with Gasteiger partial charge in [-0.15, -0.1) is 0 Å². The summed E-state index contributed by atoms with van der Waals surface area (Å²) < 4.78 is 32.8. The van der Waals surface area contributed by atoms with Crippen LogP contribution in [0.5, 0.6) is 0 Å². The van der Waals surface area contributed by atoms with Gasteiger partial charge in [0.15, 0.2) is 11.6 Å². The first kappa shape index (κ1) is 16.1. The molecular formula is C15H23F2NO. The van der Waals surface area contributed by atoms with Gasteiger partial charge in [-0.3, -0.25) is 0 Å². The van der Waals surface area contributed by atoms with Crippen molar-refractivity contribution in [3.8, 4) is 0 Å². The molecule has 0 heterocycles. The van der Waals surface area contributed by atoms with Crippen LogP contribution in [-0.2, 0) is 4.74 Å². The molecule has 0 aliphatic heterocycles. The Kier molecular flexibility index (Phi) is 6.38. The monoisotopic (exact) mass is 271 g/mol. The van der Waals surface area contributed by atoms with E-state index in [4.69, 9.17) is 4.74 Å². The topological polar surface area (TPSA) is 21.3 Å². The fraction of sp³-hybridized carbons (Fsp3) is 0.600. The van der Waals surface area contributed by atoms with Crippen LogP contribution in [0.4, 0.5) is 8.78 Å². The minimum absolute atomic E-state index is 0.190. The molecule has 1 rings (SSSR count). The van der Waals surface area contributed by atoms with Crippen molar-refractivity contribution in [3.05, 3.63) is 34.9 Å². The number of ether oxygens (including phenoxy) is 1. The number of halogens is 2. The number of hydrogen-bond acceptors (Lipinski definition) is 2. The van der Waals surface area contributed by atoms with E-state index in [-0.39, 0.29) is 12.0 Å². The highest BCUT2D eigenvalue weighted by molar-refractivity contribution is 5.28. The van der Waals surface area contributed by atoms with Gasteiger partial charge >= 0.3 is 0 Å². The molecule has 2 unspecified atom stereocenters. The Balaban J connectivity index is 2.95. The van der Waals surface area contributed by atoms with Crippen molar-refractivity contribution >= 4 is 0 Å². The standard InChI is InChI=1S/C15H23F2NO/c1-5-18-13(8-10(2)9-19-4)12-7-6-11(3)14(16)15(12)17/h6-7,10,13,18H,5,8-9H2,1-4H3. The van der Waals surface area contributed by atoms with Crippen LogP contribution in [-0.4, -0.2) is 20.3 Å². The number of benzene rings is 1. The second-order valence-corrected chi connectivity index (χ2v) is 5.01. The van der Waals surface area contributed by atoms with Gasteiger partial charge in [-0.25, -0.2) is 8.78 Å². The van der Waals surface area contributed by atoms with E-state index in [0.717, 1.165) is 0 Å². The Bertz CT molecular complexity index is 409. The lowest BCUT2D eigenvalue weighted by molar-refractivity contribution is 0.149. The lowest BCUT2D eigenvalue weighted by atomic mass is 9.95. The van der Waals surface area contributed by atoms with E-state index in [2.05, 4.69) is 5.32 Å². The molecule has 0 aliphatic carbocycles.